The number of ether oxygens (including phenoxy) is 2. The van der Waals surface area contributed by atoms with Gasteiger partial charge in [-0.3, -0.25) is 0 Å². The van der Waals surface area contributed by atoms with Crippen LogP contribution in [0, 0.1) is 5.92 Å². The highest BCUT2D eigenvalue weighted by molar-refractivity contribution is 5.81. The zero-order chi connectivity index (χ0) is 10.4. The van der Waals surface area contributed by atoms with E-state index >= 15 is 0 Å². The predicted molar refractivity (Wildman–Crippen MR) is 52.7 cm³/mol. The van der Waals surface area contributed by atoms with Crippen LogP contribution in [0.3, 0.4) is 0 Å². The number of esters is 1. The standard InChI is InChI=1S/C10H17NO3/c1-8-7-14-6-4-9(8)11-5-3-10(12)13-2/h3,5,8-9,11H,4,6-7H2,1-2H3/b5-3+. The lowest BCUT2D eigenvalue weighted by molar-refractivity contribution is -0.134. The topological polar surface area (TPSA) is 47.6 Å². The molecule has 0 aromatic carbocycles. The van der Waals surface area contributed by atoms with Gasteiger partial charge in [-0.2, -0.15) is 0 Å². The fourth-order valence-corrected chi connectivity index (χ4v) is 1.44. The maximum atomic E-state index is 10.8. The highest BCUT2D eigenvalue weighted by Crippen LogP contribution is 2.13. The average Bonchev–Trinajstić information content (AvgIpc) is 2.20. The molecule has 1 rings (SSSR count). The summed E-state index contributed by atoms with van der Waals surface area (Å²) in [5.74, 6) is 0.142. The van der Waals surface area contributed by atoms with Crippen LogP contribution in [0.5, 0.6) is 0 Å². The number of methoxy groups -OCH3 is 1. The number of hydrogen-bond acceptors (Lipinski definition) is 4. The molecule has 0 spiro atoms. The van der Waals surface area contributed by atoms with E-state index in [4.69, 9.17) is 4.74 Å². The largest absolute Gasteiger partial charge is 0.466 e. The molecule has 1 saturated heterocycles. The predicted octanol–water partition coefficient (Wildman–Crippen LogP) is 0.688. The van der Waals surface area contributed by atoms with Crippen molar-refractivity contribution in [1.29, 1.82) is 0 Å². The smallest absolute Gasteiger partial charge is 0.331 e. The summed E-state index contributed by atoms with van der Waals surface area (Å²) in [5.41, 5.74) is 0. The molecule has 1 aliphatic heterocycles. The van der Waals surface area contributed by atoms with Crippen LogP contribution >= 0.6 is 0 Å². The van der Waals surface area contributed by atoms with Gasteiger partial charge in [0.25, 0.3) is 0 Å². The summed E-state index contributed by atoms with van der Waals surface area (Å²) in [6.07, 6.45) is 4.02. The van der Waals surface area contributed by atoms with Gasteiger partial charge in [0, 0.05) is 24.9 Å². The van der Waals surface area contributed by atoms with Crippen LogP contribution in [0.4, 0.5) is 0 Å². The third-order valence-corrected chi connectivity index (χ3v) is 2.37. The summed E-state index contributed by atoms with van der Waals surface area (Å²) in [6.45, 7) is 3.70. The first-order chi connectivity index (χ1) is 6.74. The molecular formula is C10H17NO3. The molecular weight excluding hydrogens is 182 g/mol. The summed E-state index contributed by atoms with van der Waals surface area (Å²) in [6, 6.07) is 0.393. The van der Waals surface area contributed by atoms with E-state index in [9.17, 15) is 4.79 Å². The molecule has 0 aromatic heterocycles. The van der Waals surface area contributed by atoms with E-state index in [1.165, 1.54) is 13.2 Å². The van der Waals surface area contributed by atoms with Gasteiger partial charge in [-0.15, -0.1) is 0 Å². The summed E-state index contributed by atoms with van der Waals surface area (Å²) in [5, 5.41) is 3.18. The average molecular weight is 199 g/mol. The fraction of sp³-hybridized carbons (Fsp3) is 0.700. The molecule has 0 aliphatic carbocycles. The first-order valence-corrected chi connectivity index (χ1v) is 4.82. The molecule has 0 bridgehead atoms. The minimum atomic E-state index is -0.336. The molecule has 2 atom stereocenters. The Morgan fingerprint density at radius 3 is 3.07 bits per heavy atom. The second kappa shape index (κ2) is 5.65. The molecule has 0 aromatic rings. The zero-order valence-electron chi connectivity index (χ0n) is 8.66. The highest BCUT2D eigenvalue weighted by Gasteiger charge is 2.20. The van der Waals surface area contributed by atoms with Crippen molar-refractivity contribution in [2.45, 2.75) is 19.4 Å². The van der Waals surface area contributed by atoms with Crippen LogP contribution < -0.4 is 5.32 Å². The summed E-state index contributed by atoms with van der Waals surface area (Å²) < 4.78 is 9.78. The third-order valence-electron chi connectivity index (χ3n) is 2.37. The quantitative estimate of drug-likeness (QED) is 0.536. The second-order valence-electron chi connectivity index (χ2n) is 3.47. The van der Waals surface area contributed by atoms with Gasteiger partial charge in [-0.05, 0) is 12.3 Å². The van der Waals surface area contributed by atoms with Crippen molar-refractivity contribution in [2.75, 3.05) is 20.3 Å². The van der Waals surface area contributed by atoms with E-state index < -0.39 is 0 Å². The molecule has 1 heterocycles. The fourth-order valence-electron chi connectivity index (χ4n) is 1.44. The molecule has 1 aliphatic rings. The Morgan fingerprint density at radius 2 is 2.43 bits per heavy atom. The van der Waals surface area contributed by atoms with Crippen LogP contribution in [0.2, 0.25) is 0 Å². The lowest BCUT2D eigenvalue weighted by Gasteiger charge is -2.28. The van der Waals surface area contributed by atoms with Crippen LogP contribution in [-0.4, -0.2) is 32.3 Å². The van der Waals surface area contributed by atoms with Crippen LogP contribution in [0.15, 0.2) is 12.3 Å². The summed E-state index contributed by atoms with van der Waals surface area (Å²) >= 11 is 0. The highest BCUT2D eigenvalue weighted by atomic mass is 16.5. The van der Waals surface area contributed by atoms with Crippen molar-refractivity contribution in [3.05, 3.63) is 12.3 Å². The first kappa shape index (κ1) is 11.0. The van der Waals surface area contributed by atoms with E-state index in [2.05, 4.69) is 17.0 Å². The van der Waals surface area contributed by atoms with Crippen molar-refractivity contribution >= 4 is 5.97 Å². The van der Waals surface area contributed by atoms with Crippen molar-refractivity contribution in [2.24, 2.45) is 5.92 Å². The van der Waals surface area contributed by atoms with Gasteiger partial charge >= 0.3 is 5.97 Å². The zero-order valence-corrected chi connectivity index (χ0v) is 8.66. The molecule has 0 saturated carbocycles. The summed E-state index contributed by atoms with van der Waals surface area (Å²) in [7, 11) is 1.36. The van der Waals surface area contributed by atoms with Gasteiger partial charge in [0.1, 0.15) is 0 Å². The van der Waals surface area contributed by atoms with E-state index in [1.807, 2.05) is 0 Å². The molecule has 1 N–H and O–H groups in total. The van der Waals surface area contributed by atoms with E-state index in [1.54, 1.807) is 6.20 Å². The van der Waals surface area contributed by atoms with Gasteiger partial charge in [-0.1, -0.05) is 6.92 Å². The van der Waals surface area contributed by atoms with E-state index in [-0.39, 0.29) is 5.97 Å². The molecule has 0 radical (unpaired) electrons. The van der Waals surface area contributed by atoms with Crippen LogP contribution in [0.1, 0.15) is 13.3 Å². The Hall–Kier alpha value is -1.03. The maximum absolute atomic E-state index is 10.8. The van der Waals surface area contributed by atoms with E-state index in [0.29, 0.717) is 12.0 Å². The lowest BCUT2D eigenvalue weighted by atomic mass is 9.98. The minimum absolute atomic E-state index is 0.336. The first-order valence-electron chi connectivity index (χ1n) is 4.82. The summed E-state index contributed by atoms with van der Waals surface area (Å²) in [4.78, 5) is 10.8. The Labute approximate surface area is 84.3 Å². The van der Waals surface area contributed by atoms with Gasteiger partial charge in [-0.25, -0.2) is 4.79 Å². The number of carbonyl (C=O) groups is 1. The molecule has 4 nitrogen and oxygen atoms in total. The number of rotatable bonds is 3. The van der Waals surface area contributed by atoms with Gasteiger partial charge in [0.05, 0.1) is 13.7 Å². The molecule has 80 valence electrons. The maximum Gasteiger partial charge on any atom is 0.331 e. The van der Waals surface area contributed by atoms with Crippen molar-refractivity contribution in [1.82, 2.24) is 5.32 Å². The normalized spacial score (nSPS) is 27.6. The third kappa shape index (κ3) is 3.38. The van der Waals surface area contributed by atoms with E-state index in [0.717, 1.165) is 19.6 Å². The number of carbonyl (C=O) groups excluding carboxylic acids is 1. The Bertz CT molecular complexity index is 215. The van der Waals surface area contributed by atoms with Gasteiger partial charge in [0.2, 0.25) is 0 Å². The molecule has 0 amide bonds. The van der Waals surface area contributed by atoms with Crippen molar-refractivity contribution in [3.63, 3.8) is 0 Å². The Morgan fingerprint density at radius 1 is 1.64 bits per heavy atom. The Balaban J connectivity index is 2.28. The lowest BCUT2D eigenvalue weighted by Crippen LogP contribution is -2.38. The SMILES string of the molecule is COC(=O)/C=C/NC1CCOCC1C. The number of nitrogens with one attached hydrogen (secondary N) is 1. The van der Waals surface area contributed by atoms with Crippen LogP contribution in [-0.2, 0) is 14.3 Å². The molecule has 1 fully saturated rings. The van der Waals surface area contributed by atoms with Gasteiger partial charge < -0.3 is 14.8 Å². The van der Waals surface area contributed by atoms with Crippen molar-refractivity contribution in [3.8, 4) is 0 Å². The van der Waals surface area contributed by atoms with Gasteiger partial charge in [0.15, 0.2) is 0 Å². The molecule has 2 unspecified atom stereocenters. The molecule has 14 heavy (non-hydrogen) atoms. The Kier molecular flexibility index (Phi) is 4.46. The monoisotopic (exact) mass is 199 g/mol. The minimum Gasteiger partial charge on any atom is -0.466 e. The molecule has 4 heteroatoms. The van der Waals surface area contributed by atoms with Crippen molar-refractivity contribution < 1.29 is 14.3 Å². The van der Waals surface area contributed by atoms with Crippen LogP contribution in [0.25, 0.3) is 0 Å². The number of hydrogen-bond donors (Lipinski definition) is 1. The second-order valence-corrected chi connectivity index (χ2v) is 3.47.